The molecule has 1 saturated heterocycles. The van der Waals surface area contributed by atoms with Gasteiger partial charge in [-0.1, -0.05) is 33.6 Å². The lowest BCUT2D eigenvalue weighted by Gasteiger charge is -2.42. The molecule has 120 valence electrons. The molecule has 20 heavy (non-hydrogen) atoms. The van der Waals surface area contributed by atoms with Crippen molar-refractivity contribution in [3.8, 4) is 0 Å². The van der Waals surface area contributed by atoms with Crippen LogP contribution in [0.2, 0.25) is 0 Å². The molecule has 1 N–H and O–H groups in total. The summed E-state index contributed by atoms with van der Waals surface area (Å²) in [5.74, 6) is 0.745. The molecule has 1 aliphatic heterocycles. The molecule has 4 heteroatoms. The van der Waals surface area contributed by atoms with E-state index in [1.54, 1.807) is 7.11 Å². The summed E-state index contributed by atoms with van der Waals surface area (Å²) in [4.78, 5) is 2.63. The summed E-state index contributed by atoms with van der Waals surface area (Å²) in [6.45, 7) is 12.4. The smallest absolute Gasteiger partial charge is 0.0700 e. The van der Waals surface area contributed by atoms with E-state index < -0.39 is 0 Å². The van der Waals surface area contributed by atoms with Crippen LogP contribution in [0.5, 0.6) is 0 Å². The van der Waals surface area contributed by atoms with Gasteiger partial charge in [0.15, 0.2) is 0 Å². The third-order valence-corrected chi connectivity index (χ3v) is 4.47. The number of nitrogens with one attached hydrogen (secondary N) is 1. The second kappa shape index (κ2) is 10.6. The Labute approximate surface area is 125 Å². The van der Waals surface area contributed by atoms with Crippen molar-refractivity contribution in [2.45, 2.75) is 52.1 Å². The molecule has 0 saturated carbocycles. The van der Waals surface area contributed by atoms with Gasteiger partial charge < -0.3 is 14.8 Å². The first-order chi connectivity index (χ1) is 9.72. The van der Waals surface area contributed by atoms with E-state index in [-0.39, 0.29) is 0 Å². The normalized spacial score (nSPS) is 25.8. The zero-order valence-corrected chi connectivity index (χ0v) is 13.9. The highest BCUT2D eigenvalue weighted by atomic mass is 16.5. The van der Waals surface area contributed by atoms with Crippen LogP contribution in [0.1, 0.15) is 40.0 Å². The summed E-state index contributed by atoms with van der Waals surface area (Å²) in [5, 5.41) is 3.74. The molecule has 1 heterocycles. The largest absolute Gasteiger partial charge is 0.382 e. The van der Waals surface area contributed by atoms with E-state index in [2.05, 4.69) is 31.0 Å². The van der Waals surface area contributed by atoms with Crippen LogP contribution < -0.4 is 5.32 Å². The lowest BCUT2D eigenvalue weighted by Crippen LogP contribution is -2.58. The third kappa shape index (κ3) is 6.08. The second-order valence-corrected chi connectivity index (χ2v) is 5.94. The summed E-state index contributed by atoms with van der Waals surface area (Å²) in [5.41, 5.74) is 0. The Morgan fingerprint density at radius 1 is 1.25 bits per heavy atom. The van der Waals surface area contributed by atoms with Gasteiger partial charge in [0.1, 0.15) is 0 Å². The minimum atomic E-state index is 0.632. The fraction of sp³-hybridized carbons (Fsp3) is 1.00. The van der Waals surface area contributed by atoms with Crippen LogP contribution in [0.3, 0.4) is 0 Å². The maximum atomic E-state index is 5.64. The van der Waals surface area contributed by atoms with Gasteiger partial charge in [-0.2, -0.15) is 0 Å². The molecule has 0 bridgehead atoms. The maximum Gasteiger partial charge on any atom is 0.0700 e. The molecule has 1 rings (SSSR count). The van der Waals surface area contributed by atoms with E-state index >= 15 is 0 Å². The predicted octanol–water partition coefficient (Wildman–Crippen LogP) is 2.14. The molecule has 0 aromatic carbocycles. The summed E-state index contributed by atoms with van der Waals surface area (Å²) >= 11 is 0. The molecule has 0 aliphatic carbocycles. The highest BCUT2D eigenvalue weighted by Crippen LogP contribution is 2.17. The van der Waals surface area contributed by atoms with Gasteiger partial charge in [-0.05, 0) is 12.3 Å². The van der Waals surface area contributed by atoms with Crippen LogP contribution in [0, 0.1) is 5.92 Å². The molecule has 0 spiro atoms. The SMILES string of the molecule is CCCC1CNC(C(C)CC)CN1CCOCCOC. The topological polar surface area (TPSA) is 33.7 Å². The summed E-state index contributed by atoms with van der Waals surface area (Å²) in [6.07, 6.45) is 3.77. The molecule has 0 radical (unpaired) electrons. The first-order valence-corrected chi connectivity index (χ1v) is 8.27. The fourth-order valence-electron chi connectivity index (χ4n) is 2.87. The first-order valence-electron chi connectivity index (χ1n) is 8.27. The fourth-order valence-corrected chi connectivity index (χ4v) is 2.87. The van der Waals surface area contributed by atoms with Crippen LogP contribution in [0.25, 0.3) is 0 Å². The minimum Gasteiger partial charge on any atom is -0.382 e. The lowest BCUT2D eigenvalue weighted by molar-refractivity contribution is 0.0334. The van der Waals surface area contributed by atoms with Crippen molar-refractivity contribution in [2.24, 2.45) is 5.92 Å². The molecule has 3 atom stereocenters. The minimum absolute atomic E-state index is 0.632. The van der Waals surface area contributed by atoms with E-state index in [1.165, 1.54) is 19.3 Å². The van der Waals surface area contributed by atoms with Crippen LogP contribution in [0.15, 0.2) is 0 Å². The summed E-state index contributed by atoms with van der Waals surface area (Å²) < 4.78 is 10.6. The van der Waals surface area contributed by atoms with Gasteiger partial charge in [-0.15, -0.1) is 0 Å². The second-order valence-electron chi connectivity index (χ2n) is 5.94. The predicted molar refractivity (Wildman–Crippen MR) is 84.2 cm³/mol. The van der Waals surface area contributed by atoms with Gasteiger partial charge >= 0.3 is 0 Å². The van der Waals surface area contributed by atoms with Crippen molar-refractivity contribution in [2.75, 3.05) is 46.6 Å². The van der Waals surface area contributed by atoms with Gasteiger partial charge in [-0.3, -0.25) is 4.90 Å². The number of ether oxygens (including phenoxy) is 2. The van der Waals surface area contributed by atoms with Gasteiger partial charge in [0.2, 0.25) is 0 Å². The standard InChI is InChI=1S/C16H34N2O2/c1-5-7-15-12-17-16(14(3)6-2)13-18(15)8-9-20-11-10-19-4/h14-17H,5-13H2,1-4H3. The van der Waals surface area contributed by atoms with E-state index in [1.807, 2.05) is 0 Å². The van der Waals surface area contributed by atoms with Gasteiger partial charge in [0, 0.05) is 38.8 Å². The van der Waals surface area contributed by atoms with E-state index in [9.17, 15) is 0 Å². The molecule has 1 aliphatic rings. The van der Waals surface area contributed by atoms with Crippen LogP contribution in [-0.4, -0.2) is 63.5 Å². The molecule has 1 fully saturated rings. The Hall–Kier alpha value is -0.160. The number of piperazine rings is 1. The highest BCUT2D eigenvalue weighted by Gasteiger charge is 2.29. The average Bonchev–Trinajstić information content (AvgIpc) is 2.48. The van der Waals surface area contributed by atoms with E-state index in [0.717, 1.165) is 32.2 Å². The third-order valence-electron chi connectivity index (χ3n) is 4.47. The summed E-state index contributed by atoms with van der Waals surface area (Å²) in [7, 11) is 1.72. The molecule has 3 unspecified atom stereocenters. The van der Waals surface area contributed by atoms with Crippen molar-refractivity contribution >= 4 is 0 Å². The van der Waals surface area contributed by atoms with Crippen molar-refractivity contribution in [1.29, 1.82) is 0 Å². The zero-order chi connectivity index (χ0) is 14.8. The molecule has 4 nitrogen and oxygen atoms in total. The molecule has 0 amide bonds. The van der Waals surface area contributed by atoms with Crippen molar-refractivity contribution in [1.82, 2.24) is 10.2 Å². The van der Waals surface area contributed by atoms with E-state index in [0.29, 0.717) is 25.3 Å². The average molecular weight is 286 g/mol. The first kappa shape index (κ1) is 17.9. The Balaban J connectivity index is 2.38. The van der Waals surface area contributed by atoms with Gasteiger partial charge in [0.25, 0.3) is 0 Å². The molecular weight excluding hydrogens is 252 g/mol. The maximum absolute atomic E-state index is 5.64. The Morgan fingerprint density at radius 3 is 2.70 bits per heavy atom. The van der Waals surface area contributed by atoms with Gasteiger partial charge in [0.05, 0.1) is 19.8 Å². The van der Waals surface area contributed by atoms with Crippen LogP contribution >= 0.6 is 0 Å². The molecule has 0 aromatic heterocycles. The lowest BCUT2D eigenvalue weighted by atomic mass is 9.94. The number of hydrogen-bond acceptors (Lipinski definition) is 4. The van der Waals surface area contributed by atoms with Crippen molar-refractivity contribution < 1.29 is 9.47 Å². The quantitative estimate of drug-likeness (QED) is 0.624. The Morgan fingerprint density at radius 2 is 2.05 bits per heavy atom. The monoisotopic (exact) mass is 286 g/mol. The van der Waals surface area contributed by atoms with Gasteiger partial charge in [-0.25, -0.2) is 0 Å². The van der Waals surface area contributed by atoms with Crippen LogP contribution in [0.4, 0.5) is 0 Å². The van der Waals surface area contributed by atoms with Crippen molar-refractivity contribution in [3.63, 3.8) is 0 Å². The number of rotatable bonds is 10. The van der Waals surface area contributed by atoms with E-state index in [4.69, 9.17) is 9.47 Å². The Kier molecular flexibility index (Phi) is 9.44. The molecular formula is C16H34N2O2. The number of nitrogens with zero attached hydrogens (tertiary/aromatic N) is 1. The number of hydrogen-bond donors (Lipinski definition) is 1. The summed E-state index contributed by atoms with van der Waals surface area (Å²) in [6, 6.07) is 1.30. The number of methoxy groups -OCH3 is 1. The zero-order valence-electron chi connectivity index (χ0n) is 13.9. The molecule has 0 aromatic rings. The van der Waals surface area contributed by atoms with Crippen LogP contribution in [-0.2, 0) is 9.47 Å². The Bertz CT molecular complexity index is 239. The van der Waals surface area contributed by atoms with Crippen molar-refractivity contribution in [3.05, 3.63) is 0 Å². The highest BCUT2D eigenvalue weighted by molar-refractivity contribution is 4.88.